The maximum atomic E-state index is 9.21. The first-order valence-corrected chi connectivity index (χ1v) is 1.42. The van der Waals surface area contributed by atoms with Crippen molar-refractivity contribution in [3.63, 3.8) is 0 Å². The molecule has 0 unspecified atom stereocenters. The predicted molar refractivity (Wildman–Crippen MR) is 21.3 cm³/mol. The molecule has 3 heteroatoms. The number of carboxylic acids is 1. The molecule has 0 fully saturated rings. The number of carbonyl (C=O) groups is 1. The molecule has 0 radical (unpaired) electrons. The average Bonchev–Trinajstić information content (AvgIpc) is 1.38. The molecule has 5 heavy (non-hydrogen) atoms. The summed E-state index contributed by atoms with van der Waals surface area (Å²) in [6, 6.07) is 0. The van der Waals surface area contributed by atoms with Gasteiger partial charge in [0.15, 0.2) is 0 Å². The van der Waals surface area contributed by atoms with Gasteiger partial charge in [-0.15, -0.1) is 0 Å². The first kappa shape index (κ1) is 4.56. The molecule has 0 heterocycles. The maximum Gasteiger partial charge on any atom is 0.339 e. The van der Waals surface area contributed by atoms with E-state index >= 15 is 0 Å². The number of thiocarbonyl (C=S) groups is 1. The van der Waals surface area contributed by atoms with Crippen molar-refractivity contribution in [2.45, 2.75) is 0 Å². The van der Waals surface area contributed by atoms with E-state index in [4.69, 9.17) is 5.11 Å². The average molecular weight is 90.1 g/mol. The summed E-state index contributed by atoms with van der Waals surface area (Å²) >= 11 is 3.95. The minimum Gasteiger partial charge on any atom is -0.477 e. The van der Waals surface area contributed by atoms with Gasteiger partial charge in [0.05, 0.1) is 5.37 Å². The Morgan fingerprint density at radius 1 is 2.00 bits per heavy atom. The molecule has 0 aliphatic rings. The second-order valence-corrected chi connectivity index (χ2v) is 0.692. The van der Waals surface area contributed by atoms with Gasteiger partial charge in [0, 0.05) is 0 Å². The Bertz CT molecular complexity index is 58.7. The van der Waals surface area contributed by atoms with Gasteiger partial charge in [0.1, 0.15) is 0 Å². The van der Waals surface area contributed by atoms with Crippen molar-refractivity contribution >= 4 is 23.6 Å². The van der Waals surface area contributed by atoms with Crippen molar-refractivity contribution < 1.29 is 9.90 Å². The largest absolute Gasteiger partial charge is 0.477 e. The molecule has 1 N–H and O–H groups in total. The van der Waals surface area contributed by atoms with E-state index < -0.39 is 5.97 Å². The number of hydrogen-bond donors (Lipinski definition) is 1. The second-order valence-electron chi connectivity index (χ2n) is 0.456. The van der Waals surface area contributed by atoms with Gasteiger partial charge in [-0.25, -0.2) is 4.79 Å². The first-order chi connectivity index (χ1) is 2.27. The SMILES string of the molecule is O=C(O)C=S. The van der Waals surface area contributed by atoms with Crippen molar-refractivity contribution in [3.8, 4) is 0 Å². The summed E-state index contributed by atoms with van der Waals surface area (Å²) < 4.78 is 0. The Balaban J connectivity index is 3.20. The van der Waals surface area contributed by atoms with Gasteiger partial charge in [-0.3, -0.25) is 0 Å². The van der Waals surface area contributed by atoms with E-state index in [0.29, 0.717) is 5.37 Å². The molecule has 0 aromatic carbocycles. The fourth-order valence-electron chi connectivity index (χ4n) is 0. The summed E-state index contributed by atoms with van der Waals surface area (Å²) in [7, 11) is 0. The van der Waals surface area contributed by atoms with Gasteiger partial charge in [-0.1, -0.05) is 12.2 Å². The van der Waals surface area contributed by atoms with Crippen LogP contribution in [0.4, 0.5) is 0 Å². The van der Waals surface area contributed by atoms with Crippen LogP contribution in [0.5, 0.6) is 0 Å². The van der Waals surface area contributed by atoms with Crippen LogP contribution in [0, 0.1) is 0 Å². The Hall–Kier alpha value is -0.440. The van der Waals surface area contributed by atoms with Crippen LogP contribution in [0.1, 0.15) is 0 Å². The smallest absolute Gasteiger partial charge is 0.339 e. The number of hydrogen-bond acceptors (Lipinski definition) is 2. The van der Waals surface area contributed by atoms with Crippen LogP contribution in [0.2, 0.25) is 0 Å². The van der Waals surface area contributed by atoms with Crippen LogP contribution >= 0.6 is 12.2 Å². The highest BCUT2D eigenvalue weighted by Crippen LogP contribution is 1.47. The van der Waals surface area contributed by atoms with Gasteiger partial charge in [-0.2, -0.15) is 0 Å². The lowest BCUT2D eigenvalue weighted by atomic mass is 10.8. The number of rotatable bonds is 1. The minimum atomic E-state index is -1.06. The van der Waals surface area contributed by atoms with Crippen molar-refractivity contribution in [2.75, 3.05) is 0 Å². The third-order valence-electron chi connectivity index (χ3n) is 0.101. The quantitative estimate of drug-likeness (QED) is 0.463. The molecule has 2 nitrogen and oxygen atoms in total. The molecule has 0 bridgehead atoms. The van der Waals surface area contributed by atoms with E-state index in [0.717, 1.165) is 0 Å². The van der Waals surface area contributed by atoms with Gasteiger partial charge >= 0.3 is 5.97 Å². The third kappa shape index (κ3) is 3.56. The monoisotopic (exact) mass is 90.0 g/mol. The van der Waals surface area contributed by atoms with Crippen LogP contribution in [0.15, 0.2) is 0 Å². The zero-order valence-electron chi connectivity index (χ0n) is 2.34. The summed E-state index contributed by atoms with van der Waals surface area (Å²) in [5.74, 6) is -1.06. The van der Waals surface area contributed by atoms with E-state index in [1.165, 1.54) is 0 Å². The van der Waals surface area contributed by atoms with Gasteiger partial charge in [-0.05, 0) is 0 Å². The van der Waals surface area contributed by atoms with E-state index in [9.17, 15) is 4.79 Å². The summed E-state index contributed by atoms with van der Waals surface area (Å²) in [6.07, 6.45) is 0. The lowest BCUT2D eigenvalue weighted by Crippen LogP contribution is -1.89. The normalized spacial score (nSPS) is 6.40. The molecule has 0 amide bonds. The molecule has 0 saturated heterocycles. The molecule has 0 aromatic heterocycles. The summed E-state index contributed by atoms with van der Waals surface area (Å²) in [5, 5.41) is 8.23. The number of aliphatic carboxylic acids is 1. The molecule has 0 atom stereocenters. The molecule has 0 aromatic rings. The fraction of sp³-hybridized carbons (Fsp3) is 0. The molecular formula is C2H2O2S. The van der Waals surface area contributed by atoms with E-state index in [1.807, 2.05) is 0 Å². The maximum absolute atomic E-state index is 9.21. The molecular weight excluding hydrogens is 88.1 g/mol. The van der Waals surface area contributed by atoms with E-state index in [-0.39, 0.29) is 0 Å². The lowest BCUT2D eigenvalue weighted by Gasteiger charge is -1.62. The first-order valence-electron chi connectivity index (χ1n) is 0.952. The fourth-order valence-corrected chi connectivity index (χ4v) is 0. The Morgan fingerprint density at radius 2 is 2.20 bits per heavy atom. The van der Waals surface area contributed by atoms with Crippen LogP contribution < -0.4 is 0 Å². The van der Waals surface area contributed by atoms with Gasteiger partial charge in [0.25, 0.3) is 0 Å². The topological polar surface area (TPSA) is 37.3 Å². The van der Waals surface area contributed by atoms with Crippen molar-refractivity contribution in [1.29, 1.82) is 0 Å². The summed E-state index contributed by atoms with van der Waals surface area (Å²) in [5.41, 5.74) is 0. The Labute approximate surface area is 34.4 Å². The van der Waals surface area contributed by atoms with E-state index in [1.54, 1.807) is 0 Å². The highest BCUT2D eigenvalue weighted by molar-refractivity contribution is 7.80. The van der Waals surface area contributed by atoms with Gasteiger partial charge < -0.3 is 5.11 Å². The van der Waals surface area contributed by atoms with Crippen LogP contribution in [0.3, 0.4) is 0 Å². The Kier molecular flexibility index (Phi) is 1.68. The summed E-state index contributed by atoms with van der Waals surface area (Å²) in [4.78, 5) is 9.21. The van der Waals surface area contributed by atoms with E-state index in [2.05, 4.69) is 12.2 Å². The van der Waals surface area contributed by atoms with Crippen LogP contribution in [-0.2, 0) is 4.79 Å². The zero-order valence-corrected chi connectivity index (χ0v) is 3.16. The predicted octanol–water partition coefficient (Wildman–Crippen LogP) is 0.0707. The standard InChI is InChI=1S/C2H2O2S/c3-2(4)1-5/h1H,(H,3,4). The van der Waals surface area contributed by atoms with Crippen LogP contribution in [0.25, 0.3) is 0 Å². The molecule has 0 rings (SSSR count). The Morgan fingerprint density at radius 3 is 2.20 bits per heavy atom. The summed E-state index contributed by atoms with van der Waals surface area (Å²) in [6.45, 7) is 0. The third-order valence-corrected chi connectivity index (χ3v) is 0.302. The highest BCUT2D eigenvalue weighted by Gasteiger charge is 1.76. The van der Waals surface area contributed by atoms with Gasteiger partial charge in [0.2, 0.25) is 0 Å². The van der Waals surface area contributed by atoms with Crippen molar-refractivity contribution in [2.24, 2.45) is 0 Å². The number of carboxylic acid groups (broad SMARTS) is 1. The molecule has 0 aliphatic carbocycles. The second kappa shape index (κ2) is 1.84. The van der Waals surface area contributed by atoms with Crippen molar-refractivity contribution in [3.05, 3.63) is 0 Å². The molecule has 0 saturated carbocycles. The lowest BCUT2D eigenvalue weighted by molar-refractivity contribution is -0.128. The zero-order chi connectivity index (χ0) is 4.28. The van der Waals surface area contributed by atoms with Crippen LogP contribution in [-0.4, -0.2) is 16.4 Å². The molecule has 0 spiro atoms. The molecule has 0 aliphatic heterocycles. The highest BCUT2D eigenvalue weighted by atomic mass is 32.1. The minimum absolute atomic E-state index is 0.667. The van der Waals surface area contributed by atoms with Crippen molar-refractivity contribution in [1.82, 2.24) is 0 Å². The molecule has 28 valence electrons.